The summed E-state index contributed by atoms with van der Waals surface area (Å²) in [6.45, 7) is 6.10. The number of para-hydroxylation sites is 2. The topological polar surface area (TPSA) is 61.4 Å². The van der Waals surface area contributed by atoms with Crippen LogP contribution in [0.3, 0.4) is 0 Å². The number of carbonyl (C=O) groups is 2. The largest absolute Gasteiger partial charge is 0.350 e. The number of nitrogens with one attached hydrogen (secondary N) is 2. The SMILES string of the molecule is CC1=CC(C)(C)N2C(=O)[C@]3(NC(=O)c4ccccc4N3)c3cccc1c32. The number of rotatable bonds is 0. The summed E-state index contributed by atoms with van der Waals surface area (Å²) in [6, 6.07) is 13.2. The van der Waals surface area contributed by atoms with Crippen molar-refractivity contribution in [2.24, 2.45) is 0 Å². The van der Waals surface area contributed by atoms with Crippen molar-refractivity contribution >= 4 is 28.8 Å². The number of anilines is 2. The average molecular weight is 345 g/mol. The van der Waals surface area contributed by atoms with Gasteiger partial charge in [-0.25, -0.2) is 0 Å². The Bertz CT molecular complexity index is 1040. The molecule has 0 fully saturated rings. The molecule has 2 N–H and O–H groups in total. The van der Waals surface area contributed by atoms with Gasteiger partial charge in [0.05, 0.1) is 16.8 Å². The molecule has 1 atom stereocenters. The van der Waals surface area contributed by atoms with Crippen LogP contribution in [0.15, 0.2) is 48.5 Å². The molecule has 0 aromatic heterocycles. The number of carbonyl (C=O) groups excluding carboxylic acids is 2. The molecule has 2 aromatic rings. The van der Waals surface area contributed by atoms with E-state index in [4.69, 9.17) is 0 Å². The second-order valence-electron chi connectivity index (χ2n) is 7.70. The van der Waals surface area contributed by atoms with Crippen molar-refractivity contribution in [1.82, 2.24) is 5.32 Å². The molecular weight excluding hydrogens is 326 g/mol. The molecule has 0 radical (unpaired) electrons. The first-order valence-corrected chi connectivity index (χ1v) is 8.73. The van der Waals surface area contributed by atoms with Gasteiger partial charge in [-0.3, -0.25) is 14.5 Å². The standard InChI is InChI=1S/C21H19N3O2/c1-12-11-20(2,3)24-17-13(12)8-6-9-15(17)21(19(24)26)22-16-10-5-4-7-14(16)18(25)23-21/h4-11,22H,1-3H3,(H,23,25)/t21-/m1/s1. The molecule has 0 saturated carbocycles. The van der Waals surface area contributed by atoms with Gasteiger partial charge in [0, 0.05) is 16.8 Å². The molecular formula is C21H19N3O2. The van der Waals surface area contributed by atoms with Crippen LogP contribution in [0, 0.1) is 0 Å². The first-order chi connectivity index (χ1) is 12.3. The maximum atomic E-state index is 13.7. The van der Waals surface area contributed by atoms with E-state index in [1.54, 1.807) is 6.07 Å². The number of benzene rings is 2. The highest BCUT2D eigenvalue weighted by molar-refractivity contribution is 6.18. The zero-order valence-corrected chi connectivity index (χ0v) is 14.9. The summed E-state index contributed by atoms with van der Waals surface area (Å²) in [5.74, 6) is -0.399. The lowest BCUT2D eigenvalue weighted by atomic mass is 9.88. The summed E-state index contributed by atoms with van der Waals surface area (Å²) in [5.41, 5.74) is 3.31. The highest BCUT2D eigenvalue weighted by Gasteiger charge is 2.58. The van der Waals surface area contributed by atoms with Crippen LogP contribution in [0.2, 0.25) is 0 Å². The molecule has 26 heavy (non-hydrogen) atoms. The molecule has 1 spiro atoms. The lowest BCUT2D eigenvalue weighted by molar-refractivity contribution is -0.123. The minimum absolute atomic E-state index is 0.156. The maximum absolute atomic E-state index is 13.7. The number of allylic oxidation sites excluding steroid dienone is 1. The normalized spacial score (nSPS) is 24.6. The molecule has 3 heterocycles. The van der Waals surface area contributed by atoms with E-state index in [0.717, 1.165) is 22.4 Å². The van der Waals surface area contributed by atoms with E-state index < -0.39 is 11.2 Å². The van der Waals surface area contributed by atoms with Crippen molar-refractivity contribution < 1.29 is 9.59 Å². The molecule has 0 unspecified atom stereocenters. The molecule has 0 aliphatic carbocycles. The van der Waals surface area contributed by atoms with Crippen molar-refractivity contribution in [2.45, 2.75) is 32.0 Å². The van der Waals surface area contributed by atoms with Crippen LogP contribution in [0.25, 0.3) is 5.57 Å². The quantitative estimate of drug-likeness (QED) is 0.771. The third kappa shape index (κ3) is 1.65. The Labute approximate surface area is 151 Å². The third-order valence-electron chi connectivity index (χ3n) is 5.55. The van der Waals surface area contributed by atoms with Crippen LogP contribution < -0.4 is 15.5 Å². The Morgan fingerprint density at radius 1 is 0.923 bits per heavy atom. The summed E-state index contributed by atoms with van der Waals surface area (Å²) in [4.78, 5) is 28.3. The molecule has 3 aliphatic heterocycles. The Morgan fingerprint density at radius 3 is 2.46 bits per heavy atom. The fourth-order valence-electron chi connectivity index (χ4n) is 4.51. The van der Waals surface area contributed by atoms with Gasteiger partial charge in [-0.15, -0.1) is 0 Å². The van der Waals surface area contributed by atoms with Gasteiger partial charge in [-0.2, -0.15) is 0 Å². The first kappa shape index (κ1) is 15.2. The van der Waals surface area contributed by atoms with Crippen molar-refractivity contribution in [3.8, 4) is 0 Å². The summed E-state index contributed by atoms with van der Waals surface area (Å²) in [5, 5.41) is 6.30. The molecule has 5 rings (SSSR count). The highest BCUT2D eigenvalue weighted by Crippen LogP contribution is 2.51. The van der Waals surface area contributed by atoms with Gasteiger partial charge >= 0.3 is 0 Å². The third-order valence-corrected chi connectivity index (χ3v) is 5.55. The molecule has 130 valence electrons. The molecule has 5 nitrogen and oxygen atoms in total. The molecule has 2 aromatic carbocycles. The van der Waals surface area contributed by atoms with Crippen LogP contribution >= 0.6 is 0 Å². The minimum atomic E-state index is -1.27. The Hall–Kier alpha value is -3.08. The molecule has 5 heteroatoms. The predicted octanol–water partition coefficient (Wildman–Crippen LogP) is 3.24. The van der Waals surface area contributed by atoms with Crippen LogP contribution in [0.1, 0.15) is 42.3 Å². The zero-order chi connectivity index (χ0) is 18.3. The van der Waals surface area contributed by atoms with Gasteiger partial charge in [0.1, 0.15) is 0 Å². The molecule has 0 bridgehead atoms. The fourth-order valence-corrected chi connectivity index (χ4v) is 4.51. The van der Waals surface area contributed by atoms with Crippen molar-refractivity contribution in [3.63, 3.8) is 0 Å². The van der Waals surface area contributed by atoms with E-state index in [-0.39, 0.29) is 11.8 Å². The second kappa shape index (κ2) is 4.55. The van der Waals surface area contributed by atoms with E-state index in [2.05, 4.69) is 23.6 Å². The summed E-state index contributed by atoms with van der Waals surface area (Å²) in [7, 11) is 0. The average Bonchev–Trinajstić information content (AvgIpc) is 2.83. The van der Waals surface area contributed by atoms with Gasteiger partial charge in [0.2, 0.25) is 5.66 Å². The smallest absolute Gasteiger partial charge is 0.279 e. The summed E-state index contributed by atoms with van der Waals surface area (Å²) in [6.07, 6.45) is 2.11. The Balaban J connectivity index is 1.79. The van der Waals surface area contributed by atoms with E-state index in [1.807, 2.05) is 55.1 Å². The fraction of sp³-hybridized carbons (Fsp3) is 0.238. The Kier molecular flexibility index (Phi) is 2.66. The summed E-state index contributed by atoms with van der Waals surface area (Å²) >= 11 is 0. The lowest BCUT2D eigenvalue weighted by Gasteiger charge is -2.40. The van der Waals surface area contributed by atoms with Gasteiger partial charge in [0.25, 0.3) is 11.8 Å². The zero-order valence-electron chi connectivity index (χ0n) is 14.9. The number of amides is 2. The Morgan fingerprint density at radius 2 is 1.65 bits per heavy atom. The van der Waals surface area contributed by atoms with E-state index in [0.29, 0.717) is 11.3 Å². The van der Waals surface area contributed by atoms with Gasteiger partial charge in [-0.1, -0.05) is 36.4 Å². The molecule has 0 saturated heterocycles. The van der Waals surface area contributed by atoms with Gasteiger partial charge in [0.15, 0.2) is 0 Å². The van der Waals surface area contributed by atoms with Crippen LogP contribution in [-0.2, 0) is 10.5 Å². The number of fused-ring (bicyclic) bond motifs is 2. The van der Waals surface area contributed by atoms with Crippen LogP contribution in [0.4, 0.5) is 11.4 Å². The van der Waals surface area contributed by atoms with Gasteiger partial charge < -0.3 is 10.6 Å². The maximum Gasteiger partial charge on any atom is 0.279 e. The number of hydrogen-bond acceptors (Lipinski definition) is 3. The first-order valence-electron chi connectivity index (χ1n) is 8.73. The minimum Gasteiger partial charge on any atom is -0.350 e. The monoisotopic (exact) mass is 345 g/mol. The summed E-state index contributed by atoms with van der Waals surface area (Å²) < 4.78 is 0. The molecule has 3 aliphatic rings. The van der Waals surface area contributed by atoms with Crippen molar-refractivity contribution in [2.75, 3.05) is 10.2 Å². The number of nitrogens with zero attached hydrogens (tertiary/aromatic N) is 1. The van der Waals surface area contributed by atoms with Crippen LogP contribution in [-0.4, -0.2) is 17.4 Å². The van der Waals surface area contributed by atoms with Gasteiger partial charge in [-0.05, 0) is 38.5 Å². The van der Waals surface area contributed by atoms with Crippen molar-refractivity contribution in [1.29, 1.82) is 0 Å². The predicted molar refractivity (Wildman–Crippen MR) is 101 cm³/mol. The van der Waals surface area contributed by atoms with E-state index in [9.17, 15) is 9.59 Å². The van der Waals surface area contributed by atoms with E-state index >= 15 is 0 Å². The van der Waals surface area contributed by atoms with Crippen LogP contribution in [0.5, 0.6) is 0 Å². The van der Waals surface area contributed by atoms with E-state index in [1.165, 1.54) is 0 Å². The number of hydrogen-bond donors (Lipinski definition) is 2. The van der Waals surface area contributed by atoms with Crippen molar-refractivity contribution in [3.05, 3.63) is 65.2 Å². The highest BCUT2D eigenvalue weighted by atomic mass is 16.2. The second-order valence-corrected chi connectivity index (χ2v) is 7.70. The molecule has 2 amide bonds. The lowest BCUT2D eigenvalue weighted by Crippen LogP contribution is -2.62.